The minimum atomic E-state index is 0.413. The van der Waals surface area contributed by atoms with Gasteiger partial charge in [0.1, 0.15) is 12.3 Å². The molecule has 11 heavy (non-hydrogen) atoms. The van der Waals surface area contributed by atoms with Crippen LogP contribution in [-0.4, -0.2) is 18.1 Å². The van der Waals surface area contributed by atoms with Gasteiger partial charge in [-0.2, -0.15) is 0 Å². The molecule has 0 nitrogen and oxygen atoms in total. The Morgan fingerprint density at radius 3 is 2.55 bits per heavy atom. The summed E-state index contributed by atoms with van der Waals surface area (Å²) in [5.41, 5.74) is 0. The molecular weight excluding hydrogens is 151 g/mol. The number of hydrogen-bond acceptors (Lipinski definition) is 0. The summed E-state index contributed by atoms with van der Waals surface area (Å²) in [5.74, 6) is 2.64. The quantitative estimate of drug-likeness (QED) is 0.447. The molecule has 1 heteroatoms. The van der Waals surface area contributed by atoms with Gasteiger partial charge in [0, 0.05) is 6.42 Å². The van der Waals surface area contributed by atoms with Crippen LogP contribution in [-0.2, 0) is 0 Å². The molecule has 1 aliphatic heterocycles. The third-order valence-corrected chi connectivity index (χ3v) is 4.89. The highest BCUT2D eigenvalue weighted by Crippen LogP contribution is 2.32. The zero-order chi connectivity index (χ0) is 7.94. The average molecular weight is 171 g/mol. The van der Waals surface area contributed by atoms with Crippen LogP contribution in [0.15, 0.2) is 0 Å². The van der Waals surface area contributed by atoms with Gasteiger partial charge in [0.15, 0.2) is 0 Å². The van der Waals surface area contributed by atoms with Gasteiger partial charge in [0.25, 0.3) is 0 Å². The first-order chi connectivity index (χ1) is 5.43. The second kappa shape index (κ2) is 5.77. The zero-order valence-electron chi connectivity index (χ0n) is 7.68. The lowest BCUT2D eigenvalue weighted by molar-refractivity contribution is 0.748. The minimum absolute atomic E-state index is 0.413. The number of hydrogen-bond donors (Lipinski definition) is 0. The van der Waals surface area contributed by atoms with Gasteiger partial charge in [-0.1, -0.05) is 19.8 Å². The molecule has 0 bridgehead atoms. The summed E-state index contributed by atoms with van der Waals surface area (Å²) in [7, 11) is 0.413. The van der Waals surface area contributed by atoms with Gasteiger partial charge in [-0.25, -0.2) is 0 Å². The van der Waals surface area contributed by atoms with Crippen LogP contribution in [0, 0.1) is 0 Å². The minimum Gasteiger partial charge on any atom is -0.0654 e. The maximum atomic E-state index is 2.64. The van der Waals surface area contributed by atoms with Crippen LogP contribution in [0.5, 0.6) is 0 Å². The van der Waals surface area contributed by atoms with Crippen LogP contribution in [0.4, 0.5) is 0 Å². The summed E-state index contributed by atoms with van der Waals surface area (Å²) in [6.07, 6.45) is 11.7. The predicted octanol–water partition coefficient (Wildman–Crippen LogP) is 3.64. The first-order valence-corrected chi connectivity index (χ1v) is 6.79. The molecule has 0 radical (unpaired) electrons. The molecule has 0 aromatic carbocycles. The molecule has 0 spiro atoms. The smallest absolute Gasteiger partial charge is 0.0654 e. The normalized spacial score (nSPS) is 17.4. The SMILES string of the molecule is CCCCCC=[P+]1CCCC1. The van der Waals surface area contributed by atoms with Crippen LogP contribution in [0.1, 0.15) is 45.4 Å². The zero-order valence-corrected chi connectivity index (χ0v) is 8.58. The largest absolute Gasteiger partial charge is 0.106 e. The van der Waals surface area contributed by atoms with Gasteiger partial charge < -0.3 is 0 Å². The molecule has 0 saturated carbocycles. The van der Waals surface area contributed by atoms with Crippen molar-refractivity contribution in [1.29, 1.82) is 0 Å². The van der Waals surface area contributed by atoms with Crippen molar-refractivity contribution in [1.82, 2.24) is 0 Å². The standard InChI is InChI=1S/C10H20P/c1-2-3-4-5-8-11-9-6-7-10-11/h8H,2-7,9-10H2,1H3/q+1. The molecule has 0 aromatic rings. The monoisotopic (exact) mass is 171 g/mol. The Bertz CT molecular complexity index is 119. The van der Waals surface area contributed by atoms with Crippen molar-refractivity contribution < 1.29 is 0 Å². The first kappa shape index (κ1) is 9.26. The van der Waals surface area contributed by atoms with Crippen LogP contribution >= 0.6 is 7.55 Å². The van der Waals surface area contributed by atoms with Crippen LogP contribution in [0.2, 0.25) is 0 Å². The van der Waals surface area contributed by atoms with Gasteiger partial charge in [-0.3, -0.25) is 0 Å². The van der Waals surface area contributed by atoms with E-state index >= 15 is 0 Å². The highest BCUT2D eigenvalue weighted by molar-refractivity contribution is 7.57. The molecule has 1 rings (SSSR count). The Balaban J connectivity index is 2.03. The lowest BCUT2D eigenvalue weighted by Crippen LogP contribution is -1.77. The number of unbranched alkanes of at least 4 members (excludes halogenated alkanes) is 3. The van der Waals surface area contributed by atoms with Crippen molar-refractivity contribution in [3.8, 4) is 0 Å². The molecule has 0 aromatic heterocycles. The maximum Gasteiger partial charge on any atom is 0.106 e. The molecule has 1 aliphatic rings. The summed E-state index contributed by atoms with van der Waals surface area (Å²) < 4.78 is 0. The van der Waals surface area contributed by atoms with E-state index in [0.717, 1.165) is 0 Å². The predicted molar refractivity (Wildman–Crippen MR) is 56.1 cm³/mol. The highest BCUT2D eigenvalue weighted by atomic mass is 31.1. The lowest BCUT2D eigenvalue weighted by atomic mass is 10.2. The second-order valence-corrected chi connectivity index (χ2v) is 5.86. The van der Waals surface area contributed by atoms with Gasteiger partial charge in [-0.05, 0) is 19.3 Å². The topological polar surface area (TPSA) is 0 Å². The summed E-state index contributed by atoms with van der Waals surface area (Å²) >= 11 is 0. The Morgan fingerprint density at radius 1 is 1.18 bits per heavy atom. The van der Waals surface area contributed by atoms with E-state index in [4.69, 9.17) is 0 Å². The maximum absolute atomic E-state index is 2.64. The van der Waals surface area contributed by atoms with Crippen molar-refractivity contribution >= 4 is 13.3 Å². The van der Waals surface area contributed by atoms with E-state index in [1.165, 1.54) is 38.5 Å². The van der Waals surface area contributed by atoms with E-state index in [0.29, 0.717) is 7.55 Å². The van der Waals surface area contributed by atoms with E-state index in [9.17, 15) is 0 Å². The van der Waals surface area contributed by atoms with Gasteiger partial charge in [0.2, 0.25) is 0 Å². The summed E-state index contributed by atoms with van der Waals surface area (Å²) in [5, 5.41) is 0. The fourth-order valence-corrected chi connectivity index (χ4v) is 3.99. The first-order valence-electron chi connectivity index (χ1n) is 5.01. The van der Waals surface area contributed by atoms with Crippen LogP contribution < -0.4 is 0 Å². The van der Waals surface area contributed by atoms with Gasteiger partial charge in [0.05, 0.1) is 13.3 Å². The molecule has 0 atom stereocenters. The summed E-state index contributed by atoms with van der Waals surface area (Å²) in [4.78, 5) is 0. The molecule has 0 N–H and O–H groups in total. The Morgan fingerprint density at radius 2 is 1.91 bits per heavy atom. The van der Waals surface area contributed by atoms with Gasteiger partial charge >= 0.3 is 0 Å². The molecule has 0 unspecified atom stereocenters. The lowest BCUT2D eigenvalue weighted by Gasteiger charge is -1.88. The summed E-state index contributed by atoms with van der Waals surface area (Å²) in [6, 6.07) is 0. The Kier molecular flexibility index (Phi) is 4.86. The van der Waals surface area contributed by atoms with Crippen molar-refractivity contribution in [2.75, 3.05) is 12.3 Å². The van der Waals surface area contributed by atoms with E-state index in [-0.39, 0.29) is 0 Å². The van der Waals surface area contributed by atoms with E-state index in [2.05, 4.69) is 12.7 Å². The Hall–Kier alpha value is 0.170. The highest BCUT2D eigenvalue weighted by Gasteiger charge is 2.15. The van der Waals surface area contributed by atoms with Crippen molar-refractivity contribution in [2.24, 2.45) is 0 Å². The average Bonchev–Trinajstić information content (AvgIpc) is 2.50. The van der Waals surface area contributed by atoms with Gasteiger partial charge in [-0.15, -0.1) is 0 Å². The third kappa shape index (κ3) is 3.91. The molecular formula is C10H20P+. The fraction of sp³-hybridized carbons (Fsp3) is 0.900. The molecule has 64 valence electrons. The Labute approximate surface area is 71.8 Å². The van der Waals surface area contributed by atoms with Crippen molar-refractivity contribution in [3.63, 3.8) is 0 Å². The molecule has 1 heterocycles. The number of rotatable bonds is 4. The summed E-state index contributed by atoms with van der Waals surface area (Å²) in [6.45, 7) is 2.28. The van der Waals surface area contributed by atoms with Crippen LogP contribution in [0.3, 0.4) is 0 Å². The fourth-order valence-electron chi connectivity index (χ4n) is 1.59. The van der Waals surface area contributed by atoms with Crippen LogP contribution in [0.25, 0.3) is 0 Å². The van der Waals surface area contributed by atoms with Crippen molar-refractivity contribution in [3.05, 3.63) is 0 Å². The van der Waals surface area contributed by atoms with E-state index in [1.54, 1.807) is 12.3 Å². The second-order valence-electron chi connectivity index (χ2n) is 3.42. The van der Waals surface area contributed by atoms with E-state index < -0.39 is 0 Å². The third-order valence-electron chi connectivity index (χ3n) is 2.34. The molecule has 0 aliphatic carbocycles. The molecule has 0 amide bonds. The van der Waals surface area contributed by atoms with Crippen molar-refractivity contribution in [2.45, 2.75) is 45.4 Å². The molecule has 1 saturated heterocycles. The molecule has 1 fully saturated rings. The van der Waals surface area contributed by atoms with E-state index in [1.807, 2.05) is 0 Å².